The third-order valence-electron chi connectivity index (χ3n) is 4.25. The van der Waals surface area contributed by atoms with Gasteiger partial charge in [-0.25, -0.2) is 8.42 Å². The van der Waals surface area contributed by atoms with Gasteiger partial charge in [-0.3, -0.25) is 9.52 Å². The number of anilines is 1. The molecule has 0 bridgehead atoms. The Morgan fingerprint density at radius 3 is 2.25 bits per heavy atom. The third-order valence-corrected chi connectivity index (χ3v) is 5.96. The second-order valence-corrected chi connectivity index (χ2v) is 8.31. The zero-order valence-electron chi connectivity index (χ0n) is 15.1. The summed E-state index contributed by atoms with van der Waals surface area (Å²) in [5, 5.41) is 3.14. The number of benzene rings is 3. The molecule has 3 aromatic carbocycles. The minimum Gasteiger partial charge on any atom is -0.348 e. The maximum Gasteiger partial charge on any atom is 0.261 e. The number of hydrogen-bond donors (Lipinski definition) is 2. The maximum absolute atomic E-state index is 12.5. The molecule has 0 heterocycles. The summed E-state index contributed by atoms with van der Waals surface area (Å²) in [5.41, 5.74) is 2.79. The van der Waals surface area contributed by atoms with Gasteiger partial charge in [0.05, 0.1) is 15.6 Å². The van der Waals surface area contributed by atoms with Crippen molar-refractivity contribution in [3.8, 4) is 0 Å². The van der Waals surface area contributed by atoms with Crippen molar-refractivity contribution in [1.82, 2.24) is 5.32 Å². The van der Waals surface area contributed by atoms with Crippen LogP contribution in [0.5, 0.6) is 0 Å². The van der Waals surface area contributed by atoms with Crippen molar-refractivity contribution in [2.75, 3.05) is 4.72 Å². The van der Waals surface area contributed by atoms with Crippen LogP contribution in [0, 0.1) is 6.92 Å². The maximum atomic E-state index is 12.5. The van der Waals surface area contributed by atoms with Crippen molar-refractivity contribution in [2.45, 2.75) is 18.4 Å². The van der Waals surface area contributed by atoms with E-state index in [2.05, 4.69) is 10.0 Å². The average molecular weight is 415 g/mol. The summed E-state index contributed by atoms with van der Waals surface area (Å²) in [7, 11) is -3.81. The fourth-order valence-corrected chi connectivity index (χ4v) is 3.94. The van der Waals surface area contributed by atoms with Crippen LogP contribution in [-0.2, 0) is 16.6 Å². The van der Waals surface area contributed by atoms with Crippen molar-refractivity contribution in [3.63, 3.8) is 0 Å². The first-order chi connectivity index (χ1) is 13.4. The van der Waals surface area contributed by atoms with E-state index in [4.69, 9.17) is 11.6 Å². The van der Waals surface area contributed by atoms with Crippen molar-refractivity contribution >= 4 is 33.2 Å². The smallest absolute Gasteiger partial charge is 0.261 e. The van der Waals surface area contributed by atoms with Gasteiger partial charge in [-0.2, -0.15) is 0 Å². The first-order valence-electron chi connectivity index (χ1n) is 8.57. The highest BCUT2D eigenvalue weighted by atomic mass is 35.5. The highest BCUT2D eigenvalue weighted by molar-refractivity contribution is 7.92. The van der Waals surface area contributed by atoms with Gasteiger partial charge in [0.2, 0.25) is 0 Å². The van der Waals surface area contributed by atoms with Crippen LogP contribution < -0.4 is 10.0 Å². The predicted molar refractivity (Wildman–Crippen MR) is 111 cm³/mol. The summed E-state index contributed by atoms with van der Waals surface area (Å²) < 4.78 is 27.5. The van der Waals surface area contributed by atoms with E-state index in [0.717, 1.165) is 11.1 Å². The minimum atomic E-state index is -3.81. The largest absolute Gasteiger partial charge is 0.348 e. The number of nitrogens with one attached hydrogen (secondary N) is 2. The normalized spacial score (nSPS) is 11.1. The van der Waals surface area contributed by atoms with Crippen LogP contribution >= 0.6 is 11.6 Å². The SMILES string of the molecule is Cc1ccccc1CNC(=O)c1ccc(S(=O)(=O)Nc2ccccc2Cl)cc1. The molecule has 3 rings (SSSR count). The van der Waals surface area contributed by atoms with Gasteiger partial charge in [0.15, 0.2) is 0 Å². The van der Waals surface area contributed by atoms with E-state index in [1.165, 1.54) is 24.3 Å². The Balaban J connectivity index is 1.69. The number of carbonyl (C=O) groups excluding carboxylic acids is 1. The van der Waals surface area contributed by atoms with Crippen molar-refractivity contribution in [1.29, 1.82) is 0 Å². The quantitative estimate of drug-likeness (QED) is 0.628. The van der Waals surface area contributed by atoms with Gasteiger partial charge in [0.1, 0.15) is 0 Å². The van der Waals surface area contributed by atoms with Crippen molar-refractivity contribution < 1.29 is 13.2 Å². The van der Waals surface area contributed by atoms with Gasteiger partial charge in [0, 0.05) is 12.1 Å². The van der Waals surface area contributed by atoms with Gasteiger partial charge >= 0.3 is 0 Å². The molecule has 0 saturated heterocycles. The topological polar surface area (TPSA) is 75.3 Å². The lowest BCUT2D eigenvalue weighted by atomic mass is 10.1. The molecule has 2 N–H and O–H groups in total. The molecular weight excluding hydrogens is 396 g/mol. The van der Waals surface area contributed by atoms with E-state index in [0.29, 0.717) is 22.8 Å². The minimum absolute atomic E-state index is 0.0443. The summed E-state index contributed by atoms with van der Waals surface area (Å²) in [6.45, 7) is 2.38. The van der Waals surface area contributed by atoms with Crippen LogP contribution in [0.3, 0.4) is 0 Å². The molecule has 0 fully saturated rings. The number of aryl methyl sites for hydroxylation is 1. The molecule has 0 spiro atoms. The average Bonchev–Trinajstić information content (AvgIpc) is 2.69. The molecule has 0 saturated carbocycles. The zero-order valence-corrected chi connectivity index (χ0v) is 16.7. The molecule has 3 aromatic rings. The summed E-state index contributed by atoms with van der Waals surface area (Å²) in [6, 6.07) is 20.1. The summed E-state index contributed by atoms with van der Waals surface area (Å²) in [4.78, 5) is 12.4. The predicted octanol–water partition coefficient (Wildman–Crippen LogP) is 4.38. The van der Waals surface area contributed by atoms with E-state index >= 15 is 0 Å². The number of para-hydroxylation sites is 1. The lowest BCUT2D eigenvalue weighted by Gasteiger charge is -2.11. The number of rotatable bonds is 6. The number of carbonyl (C=O) groups is 1. The Morgan fingerprint density at radius 1 is 0.929 bits per heavy atom. The van der Waals surface area contributed by atoms with Crippen LogP contribution in [0.1, 0.15) is 21.5 Å². The molecule has 0 atom stereocenters. The molecule has 144 valence electrons. The molecule has 0 aromatic heterocycles. The summed E-state index contributed by atoms with van der Waals surface area (Å²) >= 11 is 6.00. The fraction of sp³-hybridized carbons (Fsp3) is 0.0952. The van der Waals surface area contributed by atoms with E-state index in [1.54, 1.807) is 24.3 Å². The molecule has 0 aliphatic rings. The molecule has 1 amide bonds. The number of hydrogen-bond acceptors (Lipinski definition) is 3. The molecule has 0 aliphatic carbocycles. The van der Waals surface area contributed by atoms with Crippen LogP contribution in [0.25, 0.3) is 0 Å². The Kier molecular flexibility index (Phi) is 6.02. The number of halogens is 1. The summed E-state index contributed by atoms with van der Waals surface area (Å²) in [6.07, 6.45) is 0. The second-order valence-electron chi connectivity index (χ2n) is 6.22. The van der Waals surface area contributed by atoms with Gasteiger partial charge in [-0.05, 0) is 54.4 Å². The van der Waals surface area contributed by atoms with E-state index in [9.17, 15) is 13.2 Å². The van der Waals surface area contributed by atoms with Crippen molar-refractivity contribution in [3.05, 3.63) is 94.5 Å². The molecule has 0 aliphatic heterocycles. The second kappa shape index (κ2) is 8.46. The van der Waals surface area contributed by atoms with Gasteiger partial charge in [0.25, 0.3) is 15.9 Å². The van der Waals surface area contributed by atoms with E-state index in [1.807, 2.05) is 31.2 Å². The van der Waals surface area contributed by atoms with Crippen LogP contribution in [0.2, 0.25) is 5.02 Å². The number of sulfonamides is 1. The standard InChI is InChI=1S/C21H19ClN2O3S/c1-15-6-2-3-7-17(15)14-23-21(25)16-10-12-18(13-11-16)28(26,27)24-20-9-5-4-8-19(20)22/h2-13,24H,14H2,1H3,(H,23,25). The van der Waals surface area contributed by atoms with Gasteiger partial charge < -0.3 is 5.32 Å². The third kappa shape index (κ3) is 4.71. The first-order valence-corrected chi connectivity index (χ1v) is 10.4. The highest BCUT2D eigenvalue weighted by Crippen LogP contribution is 2.24. The molecule has 28 heavy (non-hydrogen) atoms. The number of amides is 1. The lowest BCUT2D eigenvalue weighted by Crippen LogP contribution is -2.23. The molecule has 0 radical (unpaired) electrons. The van der Waals surface area contributed by atoms with Crippen LogP contribution in [0.15, 0.2) is 77.7 Å². The van der Waals surface area contributed by atoms with Crippen LogP contribution in [0.4, 0.5) is 5.69 Å². The van der Waals surface area contributed by atoms with Gasteiger partial charge in [-0.15, -0.1) is 0 Å². The Morgan fingerprint density at radius 2 is 1.57 bits per heavy atom. The zero-order chi connectivity index (χ0) is 20.1. The monoisotopic (exact) mass is 414 g/mol. The molecule has 0 unspecified atom stereocenters. The van der Waals surface area contributed by atoms with Crippen molar-refractivity contribution in [2.24, 2.45) is 0 Å². The van der Waals surface area contributed by atoms with Gasteiger partial charge in [-0.1, -0.05) is 48.0 Å². The molecular formula is C21H19ClN2O3S. The Labute approximate surface area is 169 Å². The Bertz CT molecular complexity index is 1100. The van der Waals surface area contributed by atoms with E-state index in [-0.39, 0.29) is 10.8 Å². The fourth-order valence-electron chi connectivity index (χ4n) is 2.62. The first kappa shape index (κ1) is 19.9. The van der Waals surface area contributed by atoms with E-state index < -0.39 is 10.0 Å². The highest BCUT2D eigenvalue weighted by Gasteiger charge is 2.16. The summed E-state index contributed by atoms with van der Waals surface area (Å²) in [5.74, 6) is -0.272. The molecule has 5 nitrogen and oxygen atoms in total. The van der Waals surface area contributed by atoms with Crippen LogP contribution in [-0.4, -0.2) is 14.3 Å². The lowest BCUT2D eigenvalue weighted by molar-refractivity contribution is 0.0951. The molecule has 7 heteroatoms. The Hall–Kier alpha value is -2.83.